The minimum Gasteiger partial charge on any atom is -0.508 e. The van der Waals surface area contributed by atoms with E-state index in [2.05, 4.69) is 77.6 Å². The lowest BCUT2D eigenvalue weighted by Gasteiger charge is -2.27. The van der Waals surface area contributed by atoms with Crippen molar-refractivity contribution in [1.29, 1.82) is 0 Å². The van der Waals surface area contributed by atoms with Gasteiger partial charge in [0.05, 0.1) is 17.9 Å². The fraction of sp³-hybridized carbons (Fsp3) is 0.172. The van der Waals surface area contributed by atoms with Crippen LogP contribution in [0.5, 0.6) is 23.0 Å². The van der Waals surface area contributed by atoms with Crippen molar-refractivity contribution >= 4 is 63.7 Å². The van der Waals surface area contributed by atoms with E-state index < -0.39 is 0 Å². The first kappa shape index (κ1) is 29.6. The van der Waals surface area contributed by atoms with E-state index in [0.29, 0.717) is 29.4 Å². The van der Waals surface area contributed by atoms with E-state index in [4.69, 9.17) is 10.2 Å². The highest BCUT2D eigenvalue weighted by atomic mass is 79.9. The highest BCUT2D eigenvalue weighted by Crippen LogP contribution is 2.43. The molecule has 0 aliphatic carbocycles. The third-order valence-corrected chi connectivity index (χ3v) is 8.47. The largest absolute Gasteiger partial charge is 0.508 e. The summed E-state index contributed by atoms with van der Waals surface area (Å²) in [4.78, 5) is 0. The molecule has 0 fully saturated rings. The Morgan fingerprint density at radius 2 is 0.784 bits per heavy atom. The molecule has 0 bridgehead atoms. The van der Waals surface area contributed by atoms with Crippen molar-refractivity contribution < 1.29 is 20.4 Å². The minimum absolute atomic E-state index is 0.183. The molecule has 194 valence electrons. The van der Waals surface area contributed by atoms with Crippen molar-refractivity contribution in [3.63, 3.8) is 0 Å². The molecule has 0 radical (unpaired) electrons. The first-order chi connectivity index (χ1) is 17.4. The molecule has 8 heteroatoms. The topological polar surface area (TPSA) is 80.9 Å². The predicted octanol–water partition coefficient (Wildman–Crippen LogP) is 9.36. The fourth-order valence-electron chi connectivity index (χ4n) is 3.63. The molecule has 0 spiro atoms. The van der Waals surface area contributed by atoms with Gasteiger partial charge in [-0.15, -0.1) is 0 Å². The number of aromatic hydroxyl groups is 4. The molecule has 0 saturated heterocycles. The molecule has 0 heterocycles. The maximum atomic E-state index is 9.85. The zero-order valence-corrected chi connectivity index (χ0v) is 26.5. The number of aryl methyl sites for hydroxylation is 2. The molecular weight excluding hydrogens is 732 g/mol. The summed E-state index contributed by atoms with van der Waals surface area (Å²) >= 11 is 13.5. The van der Waals surface area contributed by atoms with Crippen molar-refractivity contribution in [1.82, 2.24) is 0 Å². The molecular formula is C29H26Br4O4. The van der Waals surface area contributed by atoms with Crippen LogP contribution < -0.4 is 0 Å². The van der Waals surface area contributed by atoms with Crippen LogP contribution in [0.3, 0.4) is 0 Å². The Morgan fingerprint density at radius 3 is 1.05 bits per heavy atom. The Balaban J connectivity index is 0.000000213. The van der Waals surface area contributed by atoms with Crippen LogP contribution >= 0.6 is 63.7 Å². The van der Waals surface area contributed by atoms with Crippen LogP contribution in [0, 0.1) is 0 Å². The maximum absolute atomic E-state index is 9.85. The molecule has 4 aromatic rings. The van der Waals surface area contributed by atoms with Gasteiger partial charge >= 0.3 is 0 Å². The van der Waals surface area contributed by atoms with Crippen molar-refractivity contribution in [3.05, 3.63) is 113 Å². The van der Waals surface area contributed by atoms with Gasteiger partial charge in [0, 0.05) is 5.41 Å². The SMILES string of the molecule is CC(C)(c1cc(Br)c(O)c(Br)c1)c1cc(Br)c(O)c(Br)c1.Oc1ccc(CCc2ccc(O)cc2)cc1. The quantitative estimate of drug-likeness (QED) is 0.164. The third-order valence-electron chi connectivity index (χ3n) is 6.05. The second kappa shape index (κ2) is 12.7. The summed E-state index contributed by atoms with van der Waals surface area (Å²) in [5.41, 5.74) is 4.15. The number of benzene rings is 4. The Morgan fingerprint density at radius 1 is 0.514 bits per heavy atom. The summed E-state index contributed by atoms with van der Waals surface area (Å²) in [7, 11) is 0. The lowest BCUT2D eigenvalue weighted by molar-refractivity contribution is 0.466. The zero-order valence-electron chi connectivity index (χ0n) is 20.1. The second-order valence-corrected chi connectivity index (χ2v) is 12.5. The normalized spacial score (nSPS) is 11.1. The van der Waals surface area contributed by atoms with E-state index >= 15 is 0 Å². The van der Waals surface area contributed by atoms with Gasteiger partial charge in [-0.2, -0.15) is 0 Å². The summed E-state index contributed by atoms with van der Waals surface area (Å²) in [6.45, 7) is 4.17. The average Bonchev–Trinajstić information content (AvgIpc) is 2.86. The molecule has 0 aliphatic heterocycles. The first-order valence-corrected chi connectivity index (χ1v) is 14.5. The number of rotatable bonds is 5. The van der Waals surface area contributed by atoms with Crippen molar-refractivity contribution in [2.45, 2.75) is 32.1 Å². The second-order valence-electron chi connectivity index (χ2n) is 9.03. The van der Waals surface area contributed by atoms with Crippen LogP contribution in [-0.4, -0.2) is 20.4 Å². The summed E-state index contributed by atoms with van der Waals surface area (Å²) in [5.74, 6) is 0.965. The lowest BCUT2D eigenvalue weighted by atomic mass is 9.78. The summed E-state index contributed by atoms with van der Waals surface area (Å²) in [5, 5.41) is 38.0. The van der Waals surface area contributed by atoms with Crippen molar-refractivity contribution in [2.24, 2.45) is 0 Å². The molecule has 0 atom stereocenters. The van der Waals surface area contributed by atoms with Crippen molar-refractivity contribution in [2.75, 3.05) is 0 Å². The Hall–Kier alpha value is -2.00. The van der Waals surface area contributed by atoms with E-state index in [9.17, 15) is 10.2 Å². The van der Waals surface area contributed by atoms with Crippen molar-refractivity contribution in [3.8, 4) is 23.0 Å². The van der Waals surface area contributed by atoms with Crippen LogP contribution in [0.2, 0.25) is 0 Å². The molecule has 4 N–H and O–H groups in total. The molecule has 4 nitrogen and oxygen atoms in total. The van der Waals surface area contributed by atoms with E-state index in [1.165, 1.54) is 11.1 Å². The van der Waals surface area contributed by atoms with Gasteiger partial charge in [0.15, 0.2) is 0 Å². The number of hydrogen-bond donors (Lipinski definition) is 4. The first-order valence-electron chi connectivity index (χ1n) is 11.3. The van der Waals surface area contributed by atoms with Gasteiger partial charge < -0.3 is 20.4 Å². The smallest absolute Gasteiger partial charge is 0.143 e. The van der Waals surface area contributed by atoms with Gasteiger partial charge in [-0.25, -0.2) is 0 Å². The van der Waals surface area contributed by atoms with Crippen LogP contribution in [0.1, 0.15) is 36.1 Å². The van der Waals surface area contributed by atoms with Gasteiger partial charge in [-0.05, 0) is 147 Å². The predicted molar refractivity (Wildman–Crippen MR) is 163 cm³/mol. The van der Waals surface area contributed by atoms with E-state index in [1.807, 2.05) is 48.5 Å². The molecule has 0 saturated carbocycles. The van der Waals surface area contributed by atoms with Crippen LogP contribution in [-0.2, 0) is 18.3 Å². The van der Waals surface area contributed by atoms with E-state index in [1.54, 1.807) is 24.3 Å². The van der Waals surface area contributed by atoms with Crippen LogP contribution in [0.15, 0.2) is 90.7 Å². The number of phenolic OH excluding ortho intramolecular Hbond substituents is 4. The molecule has 0 aromatic heterocycles. The molecule has 4 aromatic carbocycles. The van der Waals surface area contributed by atoms with Gasteiger partial charge in [-0.3, -0.25) is 0 Å². The monoisotopic (exact) mass is 754 g/mol. The van der Waals surface area contributed by atoms with Gasteiger partial charge in [0.1, 0.15) is 23.0 Å². The summed E-state index contributed by atoms with van der Waals surface area (Å²) < 4.78 is 2.54. The highest BCUT2D eigenvalue weighted by Gasteiger charge is 2.26. The molecule has 0 amide bonds. The molecule has 37 heavy (non-hydrogen) atoms. The van der Waals surface area contributed by atoms with E-state index in [-0.39, 0.29) is 16.9 Å². The van der Waals surface area contributed by atoms with Gasteiger partial charge in [0.2, 0.25) is 0 Å². The minimum atomic E-state index is -0.308. The Labute approximate surface area is 250 Å². The number of hydrogen-bond acceptors (Lipinski definition) is 4. The standard InChI is InChI=1S/C15H12Br4O2.C14H14O2/c1-15(2,7-3-9(16)13(20)10(17)4-7)8-5-11(18)14(21)12(19)6-8;15-13-7-3-11(4-8-13)1-2-12-5-9-14(16)10-6-12/h3-6,20-21H,1-2H3;3-10,15-16H,1-2H2. The number of halogens is 4. The summed E-state index contributed by atoms with van der Waals surface area (Å²) in [6.07, 6.45) is 1.87. The highest BCUT2D eigenvalue weighted by molar-refractivity contribution is 9.11. The van der Waals surface area contributed by atoms with Gasteiger partial charge in [0.25, 0.3) is 0 Å². The zero-order chi connectivity index (χ0) is 27.3. The molecule has 0 aliphatic rings. The maximum Gasteiger partial charge on any atom is 0.143 e. The average molecular weight is 758 g/mol. The fourth-order valence-corrected chi connectivity index (χ4v) is 6.01. The van der Waals surface area contributed by atoms with E-state index in [0.717, 1.165) is 24.0 Å². The molecule has 4 rings (SSSR count). The van der Waals surface area contributed by atoms with Crippen LogP contribution in [0.4, 0.5) is 0 Å². The third kappa shape index (κ3) is 7.76. The lowest BCUT2D eigenvalue weighted by Crippen LogP contribution is -2.19. The number of phenols is 4. The van der Waals surface area contributed by atoms with Crippen LogP contribution in [0.25, 0.3) is 0 Å². The Kier molecular flexibility index (Phi) is 10.1. The summed E-state index contributed by atoms with van der Waals surface area (Å²) in [6, 6.07) is 22.1. The Bertz CT molecular complexity index is 1220. The van der Waals surface area contributed by atoms with Gasteiger partial charge in [-0.1, -0.05) is 38.1 Å². The molecule has 0 unspecified atom stereocenters.